The third-order valence-corrected chi connectivity index (χ3v) is 5.93. The van der Waals surface area contributed by atoms with E-state index in [-0.39, 0.29) is 35.7 Å². The molecule has 196 valence electrons. The minimum Gasteiger partial charge on any atom is -0.484 e. The maximum Gasteiger partial charge on any atom is 0.411 e. The van der Waals surface area contributed by atoms with Crippen molar-refractivity contribution >= 4 is 35.2 Å². The smallest absolute Gasteiger partial charge is 0.411 e. The molecule has 0 saturated carbocycles. The van der Waals surface area contributed by atoms with Crippen LogP contribution in [0.1, 0.15) is 39.1 Å². The quantitative estimate of drug-likeness (QED) is 0.436. The number of aromatic nitrogens is 2. The minimum absolute atomic E-state index is 0.0451. The lowest BCUT2D eigenvalue weighted by atomic mass is 10.1. The molecule has 2 aromatic carbocycles. The lowest BCUT2D eigenvalue weighted by Crippen LogP contribution is -2.42. The Morgan fingerprint density at radius 3 is 2.57 bits per heavy atom. The molecule has 1 saturated heterocycles. The highest BCUT2D eigenvalue weighted by atomic mass is 35.5. The molecule has 1 aromatic heterocycles. The standard InChI is InChI=1S/C25H25Cl2FN4O5/c1-25(2,3)37-24(34)32-12-16(29-21(33)13-35-17-8-9-18(27)19(28)11-17)10-20(32)23-31-30-22(36-23)14-4-6-15(26)7-5-14/h4-9,11,16,20H,10,12-13H2,1-3H3,(H,29,33)/t16-,20+/m0/s1. The van der Waals surface area contributed by atoms with Gasteiger partial charge in [-0.3, -0.25) is 9.69 Å². The van der Waals surface area contributed by atoms with E-state index in [4.69, 9.17) is 37.1 Å². The van der Waals surface area contributed by atoms with E-state index in [1.165, 1.54) is 17.0 Å². The Morgan fingerprint density at radius 1 is 1.16 bits per heavy atom. The maximum atomic E-state index is 13.6. The molecule has 1 aliphatic rings. The zero-order valence-corrected chi connectivity index (χ0v) is 21.8. The van der Waals surface area contributed by atoms with Crippen molar-refractivity contribution in [2.45, 2.75) is 44.9 Å². The molecule has 0 radical (unpaired) electrons. The summed E-state index contributed by atoms with van der Waals surface area (Å²) in [6.07, 6.45) is -0.267. The number of halogens is 3. The van der Waals surface area contributed by atoms with Crippen LogP contribution in [0.2, 0.25) is 10.0 Å². The van der Waals surface area contributed by atoms with Crippen molar-refractivity contribution in [3.05, 3.63) is 64.2 Å². The number of rotatable bonds is 6. The van der Waals surface area contributed by atoms with Crippen LogP contribution in [0, 0.1) is 5.82 Å². The van der Waals surface area contributed by atoms with Gasteiger partial charge in [-0.25, -0.2) is 9.18 Å². The van der Waals surface area contributed by atoms with Crippen LogP contribution < -0.4 is 10.1 Å². The third kappa shape index (κ3) is 6.90. The van der Waals surface area contributed by atoms with Gasteiger partial charge in [0.2, 0.25) is 11.8 Å². The molecule has 3 aromatic rings. The van der Waals surface area contributed by atoms with E-state index in [1.54, 1.807) is 45.0 Å². The normalized spacial score (nSPS) is 17.5. The number of hydrogen-bond donors (Lipinski definition) is 1. The number of nitrogens with one attached hydrogen (secondary N) is 1. The highest BCUT2D eigenvalue weighted by Crippen LogP contribution is 2.34. The van der Waals surface area contributed by atoms with Crippen LogP contribution in [0.5, 0.6) is 5.75 Å². The molecular weight excluding hydrogens is 526 g/mol. The number of ether oxygens (including phenoxy) is 2. The Balaban J connectivity index is 1.46. The molecular formula is C25H25Cl2FN4O5. The van der Waals surface area contributed by atoms with Crippen LogP contribution in [0.3, 0.4) is 0 Å². The predicted molar refractivity (Wildman–Crippen MR) is 134 cm³/mol. The second-order valence-corrected chi connectivity index (χ2v) is 10.3. The molecule has 37 heavy (non-hydrogen) atoms. The number of likely N-dealkylation sites (tertiary alicyclic amines) is 1. The highest BCUT2D eigenvalue weighted by Gasteiger charge is 2.42. The van der Waals surface area contributed by atoms with Crippen LogP contribution in [0.25, 0.3) is 11.5 Å². The predicted octanol–water partition coefficient (Wildman–Crippen LogP) is 5.43. The molecule has 2 atom stereocenters. The molecule has 0 spiro atoms. The second-order valence-electron chi connectivity index (χ2n) is 9.47. The Morgan fingerprint density at radius 2 is 1.89 bits per heavy atom. The number of nitrogens with zero attached hydrogens (tertiary/aromatic N) is 3. The van der Waals surface area contributed by atoms with E-state index in [0.717, 1.165) is 6.07 Å². The summed E-state index contributed by atoms with van der Waals surface area (Å²) in [5, 5.41) is 11.6. The Kier molecular flexibility index (Phi) is 7.89. The lowest BCUT2D eigenvalue weighted by molar-refractivity contribution is -0.123. The van der Waals surface area contributed by atoms with Gasteiger partial charge >= 0.3 is 6.09 Å². The molecule has 4 rings (SSSR count). The number of hydrogen-bond acceptors (Lipinski definition) is 7. The highest BCUT2D eigenvalue weighted by molar-refractivity contribution is 6.31. The van der Waals surface area contributed by atoms with Crippen LogP contribution in [0.4, 0.5) is 9.18 Å². The Labute approximate surface area is 222 Å². The molecule has 1 aliphatic heterocycles. The van der Waals surface area contributed by atoms with Gasteiger partial charge in [0.25, 0.3) is 5.91 Å². The SMILES string of the molecule is CC(C)(C)OC(=O)N1C[C@@H](NC(=O)COc2ccc(Cl)c(F)c2)C[C@@H]1c1nnc(-c2ccc(Cl)cc2)o1. The third-order valence-electron chi connectivity index (χ3n) is 5.37. The summed E-state index contributed by atoms with van der Waals surface area (Å²) in [5.41, 5.74) is -0.0563. The average molecular weight is 551 g/mol. The van der Waals surface area contributed by atoms with E-state index in [0.29, 0.717) is 17.0 Å². The number of carbonyl (C=O) groups excluding carboxylic acids is 2. The first-order valence-electron chi connectivity index (χ1n) is 11.4. The van der Waals surface area contributed by atoms with Gasteiger partial charge in [0.15, 0.2) is 6.61 Å². The summed E-state index contributed by atoms with van der Waals surface area (Å²) in [6.45, 7) is 5.09. The molecule has 12 heteroatoms. The van der Waals surface area contributed by atoms with E-state index in [9.17, 15) is 14.0 Å². The number of benzene rings is 2. The van der Waals surface area contributed by atoms with Gasteiger partial charge in [0, 0.05) is 29.2 Å². The van der Waals surface area contributed by atoms with Crippen molar-refractivity contribution in [1.29, 1.82) is 0 Å². The topological polar surface area (TPSA) is 107 Å². The zero-order valence-electron chi connectivity index (χ0n) is 20.3. The van der Waals surface area contributed by atoms with Crippen molar-refractivity contribution < 1.29 is 27.9 Å². The van der Waals surface area contributed by atoms with Crippen LogP contribution in [-0.4, -0.2) is 51.9 Å². The molecule has 1 fully saturated rings. The monoisotopic (exact) mass is 550 g/mol. The Hall–Kier alpha value is -3.37. The first-order chi connectivity index (χ1) is 17.5. The summed E-state index contributed by atoms with van der Waals surface area (Å²) < 4.78 is 30.4. The van der Waals surface area contributed by atoms with E-state index < -0.39 is 35.5 Å². The molecule has 2 heterocycles. The zero-order chi connectivity index (χ0) is 26.7. The van der Waals surface area contributed by atoms with E-state index in [1.807, 2.05) is 0 Å². The van der Waals surface area contributed by atoms with Gasteiger partial charge in [-0.15, -0.1) is 10.2 Å². The summed E-state index contributed by atoms with van der Waals surface area (Å²) in [6, 6.07) is 9.73. The Bertz CT molecular complexity index is 1280. The van der Waals surface area contributed by atoms with Gasteiger partial charge < -0.3 is 19.2 Å². The largest absolute Gasteiger partial charge is 0.484 e. The average Bonchev–Trinajstić information content (AvgIpc) is 3.47. The maximum absolute atomic E-state index is 13.6. The summed E-state index contributed by atoms with van der Waals surface area (Å²) in [7, 11) is 0. The van der Waals surface area contributed by atoms with Gasteiger partial charge in [-0.05, 0) is 63.6 Å². The first kappa shape index (κ1) is 26.7. The van der Waals surface area contributed by atoms with Gasteiger partial charge in [0.05, 0.1) is 5.02 Å². The summed E-state index contributed by atoms with van der Waals surface area (Å²) >= 11 is 11.6. The molecule has 9 nitrogen and oxygen atoms in total. The van der Waals surface area contributed by atoms with Crippen molar-refractivity contribution in [3.8, 4) is 17.2 Å². The van der Waals surface area contributed by atoms with Gasteiger partial charge in [-0.1, -0.05) is 23.2 Å². The second kappa shape index (κ2) is 10.9. The van der Waals surface area contributed by atoms with Gasteiger partial charge in [-0.2, -0.15) is 0 Å². The summed E-state index contributed by atoms with van der Waals surface area (Å²) in [5.74, 6) is -0.453. The van der Waals surface area contributed by atoms with Crippen LogP contribution in [0.15, 0.2) is 46.9 Å². The van der Waals surface area contributed by atoms with Crippen LogP contribution in [-0.2, 0) is 9.53 Å². The first-order valence-corrected chi connectivity index (χ1v) is 12.2. The molecule has 0 aliphatic carbocycles. The fraction of sp³-hybridized carbons (Fsp3) is 0.360. The van der Waals surface area contributed by atoms with E-state index >= 15 is 0 Å². The number of amides is 2. The van der Waals surface area contributed by atoms with Crippen molar-refractivity contribution in [1.82, 2.24) is 20.4 Å². The molecule has 2 amide bonds. The summed E-state index contributed by atoms with van der Waals surface area (Å²) in [4.78, 5) is 27.0. The molecule has 1 N–H and O–H groups in total. The molecule has 0 bridgehead atoms. The van der Waals surface area contributed by atoms with Crippen molar-refractivity contribution in [2.75, 3.05) is 13.2 Å². The van der Waals surface area contributed by atoms with Crippen molar-refractivity contribution in [2.24, 2.45) is 0 Å². The lowest BCUT2D eigenvalue weighted by Gasteiger charge is -2.27. The van der Waals surface area contributed by atoms with Crippen LogP contribution >= 0.6 is 23.2 Å². The fourth-order valence-corrected chi connectivity index (χ4v) is 4.00. The minimum atomic E-state index is -0.728. The van der Waals surface area contributed by atoms with Gasteiger partial charge in [0.1, 0.15) is 23.2 Å². The number of carbonyl (C=O) groups is 2. The van der Waals surface area contributed by atoms with Crippen molar-refractivity contribution in [3.63, 3.8) is 0 Å². The van der Waals surface area contributed by atoms with E-state index in [2.05, 4.69) is 15.5 Å². The fourth-order valence-electron chi connectivity index (χ4n) is 3.76. The molecule has 0 unspecified atom stereocenters.